The second-order valence-electron chi connectivity index (χ2n) is 2.87. The van der Waals surface area contributed by atoms with Crippen molar-refractivity contribution in [1.29, 1.82) is 5.26 Å². The van der Waals surface area contributed by atoms with Crippen LogP contribution in [-0.4, -0.2) is 19.7 Å². The molecule has 1 aromatic rings. The molecular weight excluding hydrogens is 321 g/mol. The molecule has 0 aliphatic heterocycles. The van der Waals surface area contributed by atoms with Gasteiger partial charge in [0.1, 0.15) is 11.8 Å². The molecule has 0 heterocycles. The number of hydrogen-bond donors (Lipinski definition) is 0. The second kappa shape index (κ2) is 5.70. The van der Waals surface area contributed by atoms with Crippen LogP contribution in [0.1, 0.15) is 22.8 Å². The van der Waals surface area contributed by atoms with Gasteiger partial charge < -0.3 is 9.47 Å². The zero-order valence-electron chi connectivity index (χ0n) is 8.91. The summed E-state index contributed by atoms with van der Waals surface area (Å²) in [5.41, 5.74) is 0.735. The van der Waals surface area contributed by atoms with Crippen molar-refractivity contribution < 1.29 is 14.3 Å². The molecule has 0 N–H and O–H groups in total. The Balaban J connectivity index is 3.23. The van der Waals surface area contributed by atoms with E-state index >= 15 is 0 Å². The van der Waals surface area contributed by atoms with Gasteiger partial charge in [0, 0.05) is 0 Å². The van der Waals surface area contributed by atoms with E-state index in [0.29, 0.717) is 27.1 Å². The minimum atomic E-state index is -0.450. The van der Waals surface area contributed by atoms with Gasteiger partial charge in [0.15, 0.2) is 0 Å². The first-order chi connectivity index (χ1) is 7.63. The number of carbonyl (C=O) groups excluding carboxylic acids is 1. The molecule has 0 aromatic heterocycles. The van der Waals surface area contributed by atoms with Gasteiger partial charge in [-0.1, -0.05) is 0 Å². The lowest BCUT2D eigenvalue weighted by molar-refractivity contribution is 0.0526. The molecule has 0 aliphatic rings. The summed E-state index contributed by atoms with van der Waals surface area (Å²) in [6.07, 6.45) is 0. The van der Waals surface area contributed by atoms with Crippen molar-refractivity contribution in [2.24, 2.45) is 0 Å². The molecule has 0 amide bonds. The van der Waals surface area contributed by atoms with Crippen molar-refractivity contribution in [2.45, 2.75) is 6.92 Å². The Bertz CT molecular complexity index is 451. The van der Waals surface area contributed by atoms with Gasteiger partial charge in [-0.15, -0.1) is 0 Å². The number of rotatable bonds is 3. The van der Waals surface area contributed by atoms with Crippen molar-refractivity contribution in [2.75, 3.05) is 13.7 Å². The van der Waals surface area contributed by atoms with E-state index in [2.05, 4.69) is 0 Å². The molecule has 1 aromatic carbocycles. The first-order valence-corrected chi connectivity index (χ1v) is 5.66. The smallest absolute Gasteiger partial charge is 0.338 e. The number of nitrogens with zero attached hydrogens (tertiary/aromatic N) is 1. The van der Waals surface area contributed by atoms with E-state index in [1.54, 1.807) is 13.0 Å². The highest BCUT2D eigenvalue weighted by Crippen LogP contribution is 2.26. The van der Waals surface area contributed by atoms with Crippen LogP contribution in [0.25, 0.3) is 0 Å². The number of esters is 1. The highest BCUT2D eigenvalue weighted by Gasteiger charge is 2.14. The normalized spacial score (nSPS) is 9.38. The molecule has 0 unspecified atom stereocenters. The molecule has 5 heteroatoms. The van der Waals surface area contributed by atoms with Gasteiger partial charge in [0.2, 0.25) is 0 Å². The number of hydrogen-bond acceptors (Lipinski definition) is 4. The van der Waals surface area contributed by atoms with Gasteiger partial charge in [-0.05, 0) is 41.6 Å². The third-order valence-corrected chi connectivity index (χ3v) is 3.00. The topological polar surface area (TPSA) is 59.3 Å². The molecule has 0 bridgehead atoms. The van der Waals surface area contributed by atoms with E-state index in [1.165, 1.54) is 13.2 Å². The van der Waals surface area contributed by atoms with Crippen LogP contribution < -0.4 is 4.74 Å². The largest absolute Gasteiger partial charge is 0.496 e. The summed E-state index contributed by atoms with van der Waals surface area (Å²) < 4.78 is 10.6. The molecule has 1 rings (SSSR count). The van der Waals surface area contributed by atoms with E-state index in [1.807, 2.05) is 28.7 Å². The van der Waals surface area contributed by atoms with Crippen molar-refractivity contribution in [3.63, 3.8) is 0 Å². The Labute approximate surface area is 107 Å². The summed E-state index contributed by atoms with van der Waals surface area (Å²) in [5, 5.41) is 8.91. The second-order valence-corrected chi connectivity index (χ2v) is 3.95. The Morgan fingerprint density at radius 3 is 2.75 bits per heavy atom. The van der Waals surface area contributed by atoms with Crippen LogP contribution in [-0.2, 0) is 4.74 Å². The molecule has 0 saturated carbocycles. The summed E-state index contributed by atoms with van der Waals surface area (Å²) >= 11 is 2.00. The van der Waals surface area contributed by atoms with Crippen LogP contribution in [0.5, 0.6) is 5.75 Å². The van der Waals surface area contributed by atoms with Crippen LogP contribution in [0.4, 0.5) is 0 Å². The van der Waals surface area contributed by atoms with Gasteiger partial charge in [0.25, 0.3) is 0 Å². The summed E-state index contributed by atoms with van der Waals surface area (Å²) in [7, 11) is 1.49. The zero-order valence-corrected chi connectivity index (χ0v) is 11.1. The van der Waals surface area contributed by atoms with E-state index in [9.17, 15) is 4.79 Å². The Hall–Kier alpha value is -1.29. The fraction of sp³-hybridized carbons (Fsp3) is 0.273. The minimum Gasteiger partial charge on any atom is -0.496 e. The summed E-state index contributed by atoms with van der Waals surface area (Å²) in [6, 6.07) is 5.08. The molecular formula is C11H10INO3. The molecule has 0 atom stereocenters. The maximum atomic E-state index is 11.5. The maximum absolute atomic E-state index is 11.5. The van der Waals surface area contributed by atoms with Gasteiger partial charge in [0.05, 0.1) is 28.4 Å². The van der Waals surface area contributed by atoms with Crippen molar-refractivity contribution in [3.8, 4) is 11.8 Å². The molecule has 4 nitrogen and oxygen atoms in total. The number of carbonyl (C=O) groups is 1. The number of nitriles is 1. The quantitative estimate of drug-likeness (QED) is 0.630. The lowest BCUT2D eigenvalue weighted by Crippen LogP contribution is -2.06. The number of ether oxygens (including phenoxy) is 2. The first-order valence-electron chi connectivity index (χ1n) is 4.58. The average Bonchev–Trinajstić information content (AvgIpc) is 2.29. The summed E-state index contributed by atoms with van der Waals surface area (Å²) in [5.74, 6) is 0.0522. The van der Waals surface area contributed by atoms with Crippen LogP contribution in [0.3, 0.4) is 0 Å². The Morgan fingerprint density at radius 1 is 1.56 bits per heavy atom. The predicted molar refractivity (Wildman–Crippen MR) is 66.4 cm³/mol. The lowest BCUT2D eigenvalue weighted by atomic mass is 10.1. The van der Waals surface area contributed by atoms with Gasteiger partial charge in [-0.3, -0.25) is 0 Å². The minimum absolute atomic E-state index is 0.301. The van der Waals surface area contributed by atoms with E-state index in [4.69, 9.17) is 14.7 Å². The third kappa shape index (κ3) is 2.64. The van der Waals surface area contributed by atoms with Gasteiger partial charge in [-0.25, -0.2) is 4.79 Å². The highest BCUT2D eigenvalue weighted by molar-refractivity contribution is 14.1. The maximum Gasteiger partial charge on any atom is 0.338 e. The first kappa shape index (κ1) is 12.8. The Kier molecular flexibility index (Phi) is 4.55. The van der Waals surface area contributed by atoms with Crippen LogP contribution >= 0.6 is 22.6 Å². The third-order valence-electron chi connectivity index (χ3n) is 1.89. The van der Waals surface area contributed by atoms with Crippen molar-refractivity contribution in [1.82, 2.24) is 0 Å². The van der Waals surface area contributed by atoms with Gasteiger partial charge >= 0.3 is 5.97 Å². The van der Waals surface area contributed by atoms with Crippen LogP contribution in [0.2, 0.25) is 0 Å². The molecule has 84 valence electrons. The molecule has 0 aliphatic carbocycles. The van der Waals surface area contributed by atoms with Gasteiger partial charge in [-0.2, -0.15) is 5.26 Å². The molecule has 0 saturated heterocycles. The van der Waals surface area contributed by atoms with Crippen LogP contribution in [0, 0.1) is 14.9 Å². The monoisotopic (exact) mass is 331 g/mol. The molecule has 0 radical (unpaired) electrons. The highest BCUT2D eigenvalue weighted by atomic mass is 127. The van der Waals surface area contributed by atoms with Crippen LogP contribution in [0.15, 0.2) is 12.1 Å². The summed E-state index contributed by atoms with van der Waals surface area (Å²) in [6.45, 7) is 2.03. The number of methoxy groups -OCH3 is 1. The molecule has 0 fully saturated rings. The average molecular weight is 331 g/mol. The number of benzene rings is 1. The fourth-order valence-electron chi connectivity index (χ4n) is 1.16. The van der Waals surface area contributed by atoms with Crippen molar-refractivity contribution in [3.05, 3.63) is 26.8 Å². The lowest BCUT2D eigenvalue weighted by Gasteiger charge is -2.08. The fourth-order valence-corrected chi connectivity index (χ4v) is 1.81. The standard InChI is InChI=1S/C11H10INO3/c1-3-16-11(14)7-4-8(6-13)10(12)9(5-7)15-2/h4-5H,3H2,1-2H3. The predicted octanol–water partition coefficient (Wildman–Crippen LogP) is 2.35. The summed E-state index contributed by atoms with van der Waals surface area (Å²) in [4.78, 5) is 11.5. The molecule has 16 heavy (non-hydrogen) atoms. The SMILES string of the molecule is CCOC(=O)c1cc(C#N)c(I)c(OC)c1. The molecule has 0 spiro atoms. The van der Waals surface area contributed by atoms with E-state index < -0.39 is 5.97 Å². The number of halogens is 1. The van der Waals surface area contributed by atoms with Crippen molar-refractivity contribution >= 4 is 28.6 Å². The zero-order chi connectivity index (χ0) is 12.1. The Morgan fingerprint density at radius 2 is 2.25 bits per heavy atom. The van der Waals surface area contributed by atoms with E-state index in [-0.39, 0.29) is 0 Å². The van der Waals surface area contributed by atoms with E-state index in [0.717, 1.165) is 0 Å².